The molecule has 0 heterocycles. The van der Waals surface area contributed by atoms with Crippen molar-refractivity contribution in [1.82, 2.24) is 5.32 Å². The highest BCUT2D eigenvalue weighted by atomic mass is 79.9. The molecule has 0 aliphatic rings. The number of rotatable bonds is 6. The molecule has 1 rings (SSSR count). The van der Waals surface area contributed by atoms with Crippen LogP contribution in [-0.2, 0) is 4.79 Å². The smallest absolute Gasteiger partial charge is 0.308 e. The van der Waals surface area contributed by atoms with E-state index < -0.39 is 35.0 Å². The highest BCUT2D eigenvalue weighted by Crippen LogP contribution is 2.19. The van der Waals surface area contributed by atoms with Crippen LogP contribution in [0.5, 0.6) is 0 Å². The van der Waals surface area contributed by atoms with Gasteiger partial charge in [-0.3, -0.25) is 9.59 Å². The molecule has 0 saturated heterocycles. The van der Waals surface area contributed by atoms with Crippen LogP contribution in [0.4, 0.5) is 8.78 Å². The summed E-state index contributed by atoms with van der Waals surface area (Å²) in [5, 5.41) is 11.2. The van der Waals surface area contributed by atoms with E-state index in [2.05, 4.69) is 21.2 Å². The van der Waals surface area contributed by atoms with Crippen molar-refractivity contribution in [1.29, 1.82) is 0 Å². The average Bonchev–Trinajstić information content (AvgIpc) is 2.32. The molecule has 0 fully saturated rings. The van der Waals surface area contributed by atoms with Crippen LogP contribution in [0.25, 0.3) is 0 Å². The van der Waals surface area contributed by atoms with Crippen molar-refractivity contribution in [2.24, 2.45) is 5.92 Å². The first-order chi connectivity index (χ1) is 9.36. The Hall–Kier alpha value is -1.50. The quantitative estimate of drug-likeness (QED) is 0.829. The number of carbonyl (C=O) groups is 2. The second-order valence-electron chi connectivity index (χ2n) is 4.28. The summed E-state index contributed by atoms with van der Waals surface area (Å²) in [6.07, 6.45) is 1.01. The maximum atomic E-state index is 13.5. The van der Waals surface area contributed by atoms with Crippen molar-refractivity contribution in [3.63, 3.8) is 0 Å². The Morgan fingerprint density at radius 1 is 1.35 bits per heavy atom. The molecule has 0 aliphatic carbocycles. The Morgan fingerprint density at radius 3 is 2.35 bits per heavy atom. The van der Waals surface area contributed by atoms with Gasteiger partial charge in [0.2, 0.25) is 0 Å². The number of carboxylic acid groups (broad SMARTS) is 1. The highest BCUT2D eigenvalue weighted by molar-refractivity contribution is 9.10. The molecule has 1 aromatic rings. The van der Waals surface area contributed by atoms with Crippen molar-refractivity contribution in [3.05, 3.63) is 33.8 Å². The van der Waals surface area contributed by atoms with E-state index in [4.69, 9.17) is 5.11 Å². The van der Waals surface area contributed by atoms with E-state index in [1.165, 1.54) is 0 Å². The number of carbonyl (C=O) groups excluding carboxylic acids is 1. The van der Waals surface area contributed by atoms with Gasteiger partial charge in [-0.15, -0.1) is 0 Å². The van der Waals surface area contributed by atoms with E-state index in [1.54, 1.807) is 0 Å². The fraction of sp³-hybridized carbons (Fsp3) is 0.385. The predicted octanol–water partition coefficient (Wildman–Crippen LogP) is 2.96. The van der Waals surface area contributed by atoms with Crippen LogP contribution in [0.15, 0.2) is 16.6 Å². The molecule has 0 saturated carbocycles. The number of benzene rings is 1. The van der Waals surface area contributed by atoms with Gasteiger partial charge in [-0.05, 0) is 18.6 Å². The number of hydrogen-bond donors (Lipinski definition) is 2. The van der Waals surface area contributed by atoms with Crippen LogP contribution in [0.1, 0.15) is 30.1 Å². The average molecular weight is 350 g/mol. The lowest BCUT2D eigenvalue weighted by Gasteiger charge is -2.13. The lowest BCUT2D eigenvalue weighted by molar-refractivity contribution is -0.141. The monoisotopic (exact) mass is 349 g/mol. The molecule has 7 heteroatoms. The molecular formula is C13H14BrF2NO3. The van der Waals surface area contributed by atoms with Gasteiger partial charge in [0.05, 0.1) is 5.92 Å². The minimum absolute atomic E-state index is 0.170. The lowest BCUT2D eigenvalue weighted by atomic mass is 10.0. The fourth-order valence-electron chi connectivity index (χ4n) is 1.72. The third-order valence-electron chi connectivity index (χ3n) is 2.73. The van der Waals surface area contributed by atoms with Gasteiger partial charge in [-0.1, -0.05) is 29.3 Å². The van der Waals surface area contributed by atoms with E-state index in [1.807, 2.05) is 6.92 Å². The zero-order valence-electron chi connectivity index (χ0n) is 10.8. The fourth-order valence-corrected chi connectivity index (χ4v) is 2.13. The largest absolute Gasteiger partial charge is 0.481 e. The Morgan fingerprint density at radius 2 is 1.90 bits per heavy atom. The molecule has 1 unspecified atom stereocenters. The lowest BCUT2D eigenvalue weighted by Crippen LogP contribution is -2.33. The summed E-state index contributed by atoms with van der Waals surface area (Å²) in [6, 6.07) is 1.94. The van der Waals surface area contributed by atoms with Gasteiger partial charge in [-0.2, -0.15) is 0 Å². The predicted molar refractivity (Wildman–Crippen MR) is 72.4 cm³/mol. The van der Waals surface area contributed by atoms with Crippen LogP contribution in [-0.4, -0.2) is 23.5 Å². The number of nitrogens with one attached hydrogen (secondary N) is 1. The molecule has 1 aromatic carbocycles. The normalized spacial score (nSPS) is 12.0. The minimum Gasteiger partial charge on any atom is -0.481 e. The van der Waals surface area contributed by atoms with Crippen molar-refractivity contribution in [2.45, 2.75) is 19.8 Å². The van der Waals surface area contributed by atoms with Gasteiger partial charge < -0.3 is 10.4 Å². The van der Waals surface area contributed by atoms with E-state index in [0.29, 0.717) is 12.8 Å². The van der Waals surface area contributed by atoms with Crippen molar-refractivity contribution in [3.8, 4) is 0 Å². The zero-order chi connectivity index (χ0) is 15.3. The number of hydrogen-bond acceptors (Lipinski definition) is 2. The summed E-state index contributed by atoms with van der Waals surface area (Å²) in [5.41, 5.74) is -0.714. The maximum absolute atomic E-state index is 13.5. The summed E-state index contributed by atoms with van der Waals surface area (Å²) in [7, 11) is 0. The molecular weight excluding hydrogens is 336 g/mol. The first kappa shape index (κ1) is 16.6. The molecule has 20 heavy (non-hydrogen) atoms. The van der Waals surface area contributed by atoms with E-state index in [0.717, 1.165) is 12.1 Å². The second kappa shape index (κ2) is 7.33. The van der Waals surface area contributed by atoms with Crippen molar-refractivity contribution in [2.75, 3.05) is 6.54 Å². The molecule has 1 amide bonds. The molecule has 0 aliphatic heterocycles. The van der Waals surface area contributed by atoms with Crippen molar-refractivity contribution < 1.29 is 23.5 Å². The summed E-state index contributed by atoms with van der Waals surface area (Å²) in [5.74, 6) is -4.79. The summed E-state index contributed by atoms with van der Waals surface area (Å²) in [6.45, 7) is 1.64. The second-order valence-corrected chi connectivity index (χ2v) is 5.19. The van der Waals surface area contributed by atoms with E-state index in [-0.39, 0.29) is 11.0 Å². The number of amides is 1. The van der Waals surface area contributed by atoms with Crippen LogP contribution >= 0.6 is 15.9 Å². The maximum Gasteiger partial charge on any atom is 0.308 e. The number of halogens is 3. The topological polar surface area (TPSA) is 66.4 Å². The Balaban J connectivity index is 2.79. The standard InChI is InChI=1S/C13H14BrF2NO3/c1-2-3-7(13(19)20)6-17-12(18)11-9(15)4-8(14)5-10(11)16/h4-5,7H,2-3,6H2,1H3,(H,17,18)(H,19,20). The summed E-state index contributed by atoms with van der Waals surface area (Å²) < 4.78 is 27.3. The molecule has 0 bridgehead atoms. The first-order valence-electron chi connectivity index (χ1n) is 6.02. The van der Waals surface area contributed by atoms with Crippen LogP contribution < -0.4 is 5.32 Å². The Kier molecular flexibility index (Phi) is 6.06. The van der Waals surface area contributed by atoms with E-state index >= 15 is 0 Å². The van der Waals surface area contributed by atoms with Crippen molar-refractivity contribution >= 4 is 27.8 Å². The van der Waals surface area contributed by atoms with Gasteiger partial charge in [0.25, 0.3) is 5.91 Å². The van der Waals surface area contributed by atoms with Gasteiger partial charge in [0.15, 0.2) is 0 Å². The van der Waals surface area contributed by atoms with Crippen LogP contribution in [0.2, 0.25) is 0 Å². The van der Waals surface area contributed by atoms with Gasteiger partial charge >= 0.3 is 5.97 Å². The highest BCUT2D eigenvalue weighted by Gasteiger charge is 2.21. The minimum atomic E-state index is -1.05. The van der Waals surface area contributed by atoms with Gasteiger partial charge in [0.1, 0.15) is 17.2 Å². The molecule has 0 spiro atoms. The Labute approximate surface area is 123 Å². The first-order valence-corrected chi connectivity index (χ1v) is 6.81. The van der Waals surface area contributed by atoms with Crippen LogP contribution in [0, 0.1) is 17.6 Å². The Bertz CT molecular complexity index is 499. The molecule has 2 N–H and O–H groups in total. The molecule has 0 aromatic heterocycles. The van der Waals surface area contributed by atoms with E-state index in [9.17, 15) is 18.4 Å². The third-order valence-corrected chi connectivity index (χ3v) is 3.19. The molecule has 1 atom stereocenters. The molecule has 4 nitrogen and oxygen atoms in total. The molecule has 0 radical (unpaired) electrons. The zero-order valence-corrected chi connectivity index (χ0v) is 12.3. The number of carboxylic acids is 1. The SMILES string of the molecule is CCCC(CNC(=O)c1c(F)cc(Br)cc1F)C(=O)O. The number of aliphatic carboxylic acids is 1. The summed E-state index contributed by atoms with van der Waals surface area (Å²) in [4.78, 5) is 22.6. The third kappa shape index (κ3) is 4.26. The summed E-state index contributed by atoms with van der Waals surface area (Å²) >= 11 is 2.91. The van der Waals surface area contributed by atoms with Gasteiger partial charge in [0, 0.05) is 11.0 Å². The van der Waals surface area contributed by atoms with Gasteiger partial charge in [-0.25, -0.2) is 8.78 Å². The van der Waals surface area contributed by atoms with Crippen LogP contribution in [0.3, 0.4) is 0 Å². The molecule has 110 valence electrons.